The molecule has 1 aromatic carbocycles. The third-order valence-corrected chi connectivity index (χ3v) is 2.13. The van der Waals surface area contributed by atoms with E-state index < -0.39 is 0 Å². The van der Waals surface area contributed by atoms with Crippen molar-refractivity contribution >= 4 is 5.97 Å². The average Bonchev–Trinajstić information content (AvgIpc) is 2.45. The SMILES string of the molecule is CN(C)C1OC(=O)c2ccccc21. The van der Waals surface area contributed by atoms with Crippen molar-refractivity contribution in [1.82, 2.24) is 4.90 Å². The fourth-order valence-electron chi connectivity index (χ4n) is 1.51. The summed E-state index contributed by atoms with van der Waals surface area (Å²) in [6.45, 7) is 0. The second kappa shape index (κ2) is 2.85. The number of carbonyl (C=O) groups is 1. The third kappa shape index (κ3) is 1.21. The molecule has 0 radical (unpaired) electrons. The lowest BCUT2D eigenvalue weighted by molar-refractivity contribution is -0.00336. The topological polar surface area (TPSA) is 29.5 Å². The van der Waals surface area contributed by atoms with E-state index in [-0.39, 0.29) is 12.2 Å². The van der Waals surface area contributed by atoms with Gasteiger partial charge in [0, 0.05) is 5.56 Å². The third-order valence-electron chi connectivity index (χ3n) is 2.13. The van der Waals surface area contributed by atoms with Gasteiger partial charge in [-0.05, 0) is 20.2 Å². The summed E-state index contributed by atoms with van der Waals surface area (Å²) < 4.78 is 5.18. The lowest BCUT2D eigenvalue weighted by Crippen LogP contribution is -2.19. The molecule has 1 unspecified atom stereocenters. The number of benzene rings is 1. The molecule has 0 amide bonds. The van der Waals surface area contributed by atoms with Crippen LogP contribution in [0.25, 0.3) is 0 Å². The van der Waals surface area contributed by atoms with E-state index in [0.717, 1.165) is 5.56 Å². The van der Waals surface area contributed by atoms with Crippen LogP contribution in [0.15, 0.2) is 24.3 Å². The summed E-state index contributed by atoms with van der Waals surface area (Å²) in [4.78, 5) is 13.2. The molecule has 68 valence electrons. The molecule has 2 rings (SSSR count). The van der Waals surface area contributed by atoms with Crippen molar-refractivity contribution in [3.8, 4) is 0 Å². The molecule has 0 N–H and O–H groups in total. The Morgan fingerprint density at radius 1 is 1.31 bits per heavy atom. The van der Waals surface area contributed by atoms with Crippen LogP contribution < -0.4 is 0 Å². The van der Waals surface area contributed by atoms with Gasteiger partial charge >= 0.3 is 5.97 Å². The molecule has 3 heteroatoms. The standard InChI is InChI=1S/C10H11NO2/c1-11(2)9-7-5-3-4-6-8(7)10(12)13-9/h3-6,9H,1-2H3. The normalized spacial score (nSPS) is 20.2. The number of nitrogens with zero attached hydrogens (tertiary/aromatic N) is 1. The number of esters is 1. The average molecular weight is 177 g/mol. The summed E-state index contributed by atoms with van der Waals surface area (Å²) in [6.07, 6.45) is -0.219. The first kappa shape index (κ1) is 8.26. The number of carbonyl (C=O) groups excluding carboxylic acids is 1. The quantitative estimate of drug-likeness (QED) is 0.607. The number of rotatable bonds is 1. The van der Waals surface area contributed by atoms with Gasteiger partial charge in [-0.15, -0.1) is 0 Å². The molecule has 1 aliphatic heterocycles. The molecule has 13 heavy (non-hydrogen) atoms. The molecule has 1 aliphatic rings. The van der Waals surface area contributed by atoms with Crippen LogP contribution in [-0.4, -0.2) is 25.0 Å². The second-order valence-corrected chi connectivity index (χ2v) is 3.31. The van der Waals surface area contributed by atoms with Gasteiger partial charge in [-0.2, -0.15) is 0 Å². The fourth-order valence-corrected chi connectivity index (χ4v) is 1.51. The Morgan fingerprint density at radius 2 is 2.00 bits per heavy atom. The van der Waals surface area contributed by atoms with Crippen molar-refractivity contribution in [3.05, 3.63) is 35.4 Å². The fraction of sp³-hybridized carbons (Fsp3) is 0.300. The molecule has 1 heterocycles. The molecule has 0 saturated heterocycles. The van der Waals surface area contributed by atoms with Gasteiger partial charge in [0.1, 0.15) is 0 Å². The second-order valence-electron chi connectivity index (χ2n) is 3.31. The van der Waals surface area contributed by atoms with Crippen molar-refractivity contribution in [2.24, 2.45) is 0 Å². The maximum Gasteiger partial charge on any atom is 0.340 e. The zero-order valence-electron chi connectivity index (χ0n) is 7.65. The van der Waals surface area contributed by atoms with Crippen LogP contribution in [0.5, 0.6) is 0 Å². The first-order valence-corrected chi connectivity index (χ1v) is 4.16. The number of fused-ring (bicyclic) bond motifs is 1. The first-order chi connectivity index (χ1) is 6.20. The van der Waals surface area contributed by atoms with E-state index in [1.165, 1.54) is 0 Å². The van der Waals surface area contributed by atoms with Gasteiger partial charge in [-0.25, -0.2) is 4.79 Å². The van der Waals surface area contributed by atoms with Crippen LogP contribution >= 0.6 is 0 Å². The van der Waals surface area contributed by atoms with Gasteiger partial charge < -0.3 is 4.74 Å². The number of hydrogen-bond acceptors (Lipinski definition) is 3. The van der Waals surface area contributed by atoms with Gasteiger partial charge in [0.05, 0.1) is 5.56 Å². The maximum absolute atomic E-state index is 11.3. The van der Waals surface area contributed by atoms with E-state index in [9.17, 15) is 4.79 Å². The smallest absolute Gasteiger partial charge is 0.340 e. The minimum Gasteiger partial charge on any atom is -0.438 e. The number of cyclic esters (lactones) is 1. The van der Waals surface area contributed by atoms with Gasteiger partial charge in [0.25, 0.3) is 0 Å². The van der Waals surface area contributed by atoms with Crippen LogP contribution in [0.4, 0.5) is 0 Å². The van der Waals surface area contributed by atoms with Gasteiger partial charge in [0.2, 0.25) is 0 Å². The van der Waals surface area contributed by atoms with E-state index >= 15 is 0 Å². The van der Waals surface area contributed by atoms with Crippen LogP contribution in [0.3, 0.4) is 0 Å². The molecular weight excluding hydrogens is 166 g/mol. The van der Waals surface area contributed by atoms with Crippen LogP contribution in [0.1, 0.15) is 22.1 Å². The van der Waals surface area contributed by atoms with Crippen molar-refractivity contribution in [1.29, 1.82) is 0 Å². The molecule has 3 nitrogen and oxygen atoms in total. The Morgan fingerprint density at radius 3 is 2.69 bits per heavy atom. The Hall–Kier alpha value is -1.35. The highest BCUT2D eigenvalue weighted by Gasteiger charge is 2.31. The van der Waals surface area contributed by atoms with Gasteiger partial charge in [-0.3, -0.25) is 4.90 Å². The summed E-state index contributed by atoms with van der Waals surface area (Å²) in [5.41, 5.74) is 1.64. The highest BCUT2D eigenvalue weighted by molar-refractivity contribution is 5.93. The van der Waals surface area contributed by atoms with E-state index in [1.54, 1.807) is 6.07 Å². The molecule has 0 bridgehead atoms. The Balaban J connectivity index is 2.47. The van der Waals surface area contributed by atoms with Crippen molar-refractivity contribution in [2.75, 3.05) is 14.1 Å². The molecule has 0 aromatic heterocycles. The summed E-state index contributed by atoms with van der Waals surface area (Å²) in [6, 6.07) is 7.47. The minimum absolute atomic E-state index is 0.219. The zero-order chi connectivity index (χ0) is 9.42. The van der Waals surface area contributed by atoms with Crippen LogP contribution in [-0.2, 0) is 4.74 Å². The molecule has 0 aliphatic carbocycles. The Kier molecular flexibility index (Phi) is 1.81. The molecule has 1 atom stereocenters. The molecule has 0 saturated carbocycles. The predicted molar refractivity (Wildman–Crippen MR) is 48.3 cm³/mol. The molecule has 1 aromatic rings. The van der Waals surface area contributed by atoms with E-state index in [1.807, 2.05) is 37.2 Å². The molecule has 0 fully saturated rings. The monoisotopic (exact) mass is 177 g/mol. The van der Waals surface area contributed by atoms with E-state index in [2.05, 4.69) is 0 Å². The number of hydrogen-bond donors (Lipinski definition) is 0. The largest absolute Gasteiger partial charge is 0.438 e. The van der Waals surface area contributed by atoms with Gasteiger partial charge in [-0.1, -0.05) is 18.2 Å². The summed E-state index contributed by atoms with van der Waals surface area (Å²) >= 11 is 0. The lowest BCUT2D eigenvalue weighted by atomic mass is 10.1. The van der Waals surface area contributed by atoms with E-state index in [0.29, 0.717) is 5.56 Å². The highest BCUT2D eigenvalue weighted by Crippen LogP contribution is 2.31. The Labute approximate surface area is 76.9 Å². The van der Waals surface area contributed by atoms with Crippen molar-refractivity contribution < 1.29 is 9.53 Å². The van der Waals surface area contributed by atoms with Gasteiger partial charge in [0.15, 0.2) is 6.23 Å². The molecular formula is C10H11NO2. The number of ether oxygens (including phenoxy) is 1. The zero-order valence-corrected chi connectivity index (χ0v) is 7.65. The highest BCUT2D eigenvalue weighted by atomic mass is 16.6. The Bertz CT molecular complexity index is 347. The summed E-state index contributed by atoms with van der Waals surface area (Å²) in [5.74, 6) is -0.227. The van der Waals surface area contributed by atoms with Crippen molar-refractivity contribution in [3.63, 3.8) is 0 Å². The van der Waals surface area contributed by atoms with Crippen LogP contribution in [0, 0.1) is 0 Å². The van der Waals surface area contributed by atoms with Crippen LogP contribution in [0.2, 0.25) is 0 Å². The first-order valence-electron chi connectivity index (χ1n) is 4.16. The lowest BCUT2D eigenvalue weighted by Gasteiger charge is -2.18. The van der Waals surface area contributed by atoms with Crippen molar-refractivity contribution in [2.45, 2.75) is 6.23 Å². The molecule has 0 spiro atoms. The summed E-state index contributed by atoms with van der Waals surface area (Å²) in [5, 5.41) is 0. The van der Waals surface area contributed by atoms with E-state index in [4.69, 9.17) is 4.74 Å². The minimum atomic E-state index is -0.227. The summed E-state index contributed by atoms with van der Waals surface area (Å²) in [7, 11) is 3.78. The maximum atomic E-state index is 11.3. The predicted octanol–water partition coefficient (Wildman–Crippen LogP) is 1.42.